The molecule has 2 aromatic carbocycles. The average molecular weight is 455 g/mol. The summed E-state index contributed by atoms with van der Waals surface area (Å²) in [6, 6.07) is 12.5. The Balaban J connectivity index is 1.59. The summed E-state index contributed by atoms with van der Waals surface area (Å²) in [6.07, 6.45) is 0. The lowest BCUT2D eigenvalue weighted by atomic mass is 10.3. The van der Waals surface area contributed by atoms with Gasteiger partial charge in [0.05, 0.1) is 28.1 Å². The second-order valence-electron chi connectivity index (χ2n) is 5.57. The number of rotatable bonds is 7. The molecule has 0 saturated carbocycles. The van der Waals surface area contributed by atoms with Gasteiger partial charge in [0.2, 0.25) is 11.0 Å². The zero-order valence-electron chi connectivity index (χ0n) is 14.9. The molecule has 3 rings (SSSR count). The number of nitrogens with one attached hydrogen (secondary N) is 2. The number of carbonyl (C=O) groups excluding carboxylic acids is 1. The molecule has 0 aliphatic heterocycles. The van der Waals surface area contributed by atoms with Gasteiger partial charge in [0.25, 0.3) is 0 Å². The molecule has 0 spiro atoms. The van der Waals surface area contributed by atoms with Crippen LogP contribution in [-0.2, 0) is 4.79 Å². The summed E-state index contributed by atoms with van der Waals surface area (Å²) in [5.74, 6) is 0.553. The van der Waals surface area contributed by atoms with Crippen molar-refractivity contribution in [2.45, 2.75) is 16.5 Å². The Hall–Kier alpha value is -2.00. The van der Waals surface area contributed by atoms with Gasteiger partial charge in [-0.25, -0.2) is 0 Å². The van der Waals surface area contributed by atoms with Crippen LogP contribution in [0.15, 0.2) is 46.8 Å². The van der Waals surface area contributed by atoms with E-state index in [4.69, 9.17) is 27.9 Å². The molecular formula is C18H16Cl2N4O2S2. The van der Waals surface area contributed by atoms with Gasteiger partial charge in [-0.2, -0.15) is 0 Å². The highest BCUT2D eigenvalue weighted by molar-refractivity contribution is 8.02. The number of nitrogens with zero attached hydrogens (tertiary/aromatic N) is 2. The molecule has 3 aromatic rings. The van der Waals surface area contributed by atoms with Gasteiger partial charge in [-0.1, -0.05) is 52.4 Å². The molecule has 0 saturated heterocycles. The second kappa shape index (κ2) is 9.47. The standard InChI is InChI=1S/C18H16Cl2N4O2S2/c1-10(16(25)22-15-13(19)4-3-5-14(15)20)27-18-24-23-17(28-18)21-11-6-8-12(26-2)9-7-11/h3-10H,1-2H3,(H,21,23)(H,22,25). The Morgan fingerprint density at radius 1 is 1.14 bits per heavy atom. The monoisotopic (exact) mass is 454 g/mol. The first kappa shape index (κ1) is 20.7. The molecule has 6 nitrogen and oxygen atoms in total. The molecular weight excluding hydrogens is 439 g/mol. The van der Waals surface area contributed by atoms with Crippen molar-refractivity contribution in [2.24, 2.45) is 0 Å². The first-order chi connectivity index (χ1) is 13.5. The third-order valence-electron chi connectivity index (χ3n) is 3.61. The maximum absolute atomic E-state index is 12.5. The van der Waals surface area contributed by atoms with Gasteiger partial charge in [-0.15, -0.1) is 10.2 Å². The minimum absolute atomic E-state index is 0.222. The van der Waals surface area contributed by atoms with E-state index in [1.807, 2.05) is 24.3 Å². The van der Waals surface area contributed by atoms with Crippen LogP contribution in [0, 0.1) is 0 Å². The lowest BCUT2D eigenvalue weighted by Crippen LogP contribution is -2.22. The van der Waals surface area contributed by atoms with E-state index in [0.717, 1.165) is 11.4 Å². The first-order valence-corrected chi connectivity index (χ1v) is 10.6. The predicted molar refractivity (Wildman–Crippen MR) is 117 cm³/mol. The van der Waals surface area contributed by atoms with Gasteiger partial charge in [0, 0.05) is 5.69 Å². The number of methoxy groups -OCH3 is 1. The van der Waals surface area contributed by atoms with Crippen LogP contribution in [0.2, 0.25) is 10.0 Å². The fraction of sp³-hybridized carbons (Fsp3) is 0.167. The van der Waals surface area contributed by atoms with Crippen molar-refractivity contribution < 1.29 is 9.53 Å². The normalized spacial score (nSPS) is 11.7. The van der Waals surface area contributed by atoms with Crippen LogP contribution in [0.3, 0.4) is 0 Å². The Bertz CT molecular complexity index is 946. The number of amides is 1. The molecule has 0 aliphatic carbocycles. The number of anilines is 3. The van der Waals surface area contributed by atoms with Gasteiger partial charge < -0.3 is 15.4 Å². The van der Waals surface area contributed by atoms with E-state index in [9.17, 15) is 4.79 Å². The van der Waals surface area contributed by atoms with Gasteiger partial charge in [-0.05, 0) is 43.3 Å². The summed E-state index contributed by atoms with van der Waals surface area (Å²) in [5, 5.41) is 15.2. The molecule has 1 amide bonds. The number of para-hydroxylation sites is 1. The quantitative estimate of drug-likeness (QED) is 0.444. The topological polar surface area (TPSA) is 76.1 Å². The molecule has 2 N–H and O–H groups in total. The van der Waals surface area contributed by atoms with Crippen molar-refractivity contribution >= 4 is 68.7 Å². The summed E-state index contributed by atoms with van der Waals surface area (Å²) in [5.41, 5.74) is 1.27. The lowest BCUT2D eigenvalue weighted by molar-refractivity contribution is -0.115. The molecule has 0 bridgehead atoms. The van der Waals surface area contributed by atoms with E-state index in [1.54, 1.807) is 32.2 Å². The molecule has 146 valence electrons. The fourth-order valence-corrected chi connectivity index (χ4v) is 4.56. The van der Waals surface area contributed by atoms with Crippen molar-refractivity contribution in [3.8, 4) is 5.75 Å². The van der Waals surface area contributed by atoms with Gasteiger partial charge >= 0.3 is 0 Å². The fourth-order valence-electron chi connectivity index (χ4n) is 2.15. The van der Waals surface area contributed by atoms with E-state index < -0.39 is 5.25 Å². The lowest BCUT2D eigenvalue weighted by Gasteiger charge is -2.12. The van der Waals surface area contributed by atoms with Crippen LogP contribution in [-0.4, -0.2) is 28.5 Å². The summed E-state index contributed by atoms with van der Waals surface area (Å²) >= 11 is 14.9. The number of halogens is 2. The van der Waals surface area contributed by atoms with E-state index in [2.05, 4.69) is 20.8 Å². The molecule has 0 aliphatic rings. The number of hydrogen-bond donors (Lipinski definition) is 2. The predicted octanol–water partition coefficient (Wildman–Crippen LogP) is 5.72. The van der Waals surface area contributed by atoms with Gasteiger partial charge in [0.15, 0.2) is 4.34 Å². The Labute approximate surface area is 180 Å². The van der Waals surface area contributed by atoms with Crippen LogP contribution < -0.4 is 15.4 Å². The number of aromatic nitrogens is 2. The highest BCUT2D eigenvalue weighted by Crippen LogP contribution is 2.33. The van der Waals surface area contributed by atoms with Crippen LogP contribution >= 0.6 is 46.3 Å². The highest BCUT2D eigenvalue weighted by Gasteiger charge is 2.19. The van der Waals surface area contributed by atoms with Crippen LogP contribution in [0.5, 0.6) is 5.75 Å². The van der Waals surface area contributed by atoms with Crippen LogP contribution in [0.4, 0.5) is 16.5 Å². The SMILES string of the molecule is COc1ccc(Nc2nnc(SC(C)C(=O)Nc3c(Cl)cccc3Cl)s2)cc1. The van der Waals surface area contributed by atoms with Crippen LogP contribution in [0.1, 0.15) is 6.92 Å². The van der Waals surface area contributed by atoms with Crippen molar-refractivity contribution in [3.63, 3.8) is 0 Å². The highest BCUT2D eigenvalue weighted by atomic mass is 35.5. The third kappa shape index (κ3) is 5.29. The zero-order valence-corrected chi connectivity index (χ0v) is 18.0. The third-order valence-corrected chi connectivity index (χ3v) is 6.26. The van der Waals surface area contributed by atoms with E-state index in [0.29, 0.717) is 25.2 Å². The number of carbonyl (C=O) groups is 1. The zero-order chi connectivity index (χ0) is 20.1. The first-order valence-electron chi connectivity index (χ1n) is 8.12. The Morgan fingerprint density at radius 2 is 1.82 bits per heavy atom. The minimum Gasteiger partial charge on any atom is -0.497 e. The van der Waals surface area contributed by atoms with Crippen molar-refractivity contribution in [3.05, 3.63) is 52.5 Å². The minimum atomic E-state index is -0.408. The summed E-state index contributed by atoms with van der Waals surface area (Å²) < 4.78 is 5.81. The molecule has 28 heavy (non-hydrogen) atoms. The maximum Gasteiger partial charge on any atom is 0.237 e. The average Bonchev–Trinajstić information content (AvgIpc) is 3.12. The van der Waals surface area contributed by atoms with E-state index >= 15 is 0 Å². The Kier molecular flexibility index (Phi) is 7.01. The summed E-state index contributed by atoms with van der Waals surface area (Å²) in [7, 11) is 1.62. The number of hydrogen-bond acceptors (Lipinski definition) is 7. The largest absolute Gasteiger partial charge is 0.497 e. The molecule has 0 radical (unpaired) electrons. The number of ether oxygens (including phenoxy) is 1. The van der Waals surface area contributed by atoms with E-state index in [1.165, 1.54) is 23.1 Å². The maximum atomic E-state index is 12.5. The summed E-state index contributed by atoms with van der Waals surface area (Å²) in [6.45, 7) is 1.78. The van der Waals surface area contributed by atoms with Gasteiger partial charge in [0.1, 0.15) is 5.75 Å². The molecule has 10 heteroatoms. The van der Waals surface area contributed by atoms with Gasteiger partial charge in [-0.3, -0.25) is 4.79 Å². The molecule has 1 heterocycles. The molecule has 0 fully saturated rings. The van der Waals surface area contributed by atoms with Crippen molar-refractivity contribution in [1.82, 2.24) is 10.2 Å². The molecule has 1 aromatic heterocycles. The van der Waals surface area contributed by atoms with E-state index in [-0.39, 0.29) is 5.91 Å². The van der Waals surface area contributed by atoms with Crippen LogP contribution in [0.25, 0.3) is 0 Å². The second-order valence-corrected chi connectivity index (χ2v) is 8.95. The number of benzene rings is 2. The van der Waals surface area contributed by atoms with Crippen molar-refractivity contribution in [2.75, 3.05) is 17.7 Å². The molecule has 1 atom stereocenters. The summed E-state index contributed by atoms with van der Waals surface area (Å²) in [4.78, 5) is 12.5. The molecule has 1 unspecified atom stereocenters. The van der Waals surface area contributed by atoms with Crippen molar-refractivity contribution in [1.29, 1.82) is 0 Å². The Morgan fingerprint density at radius 3 is 2.46 bits per heavy atom. The smallest absolute Gasteiger partial charge is 0.237 e. The number of thioether (sulfide) groups is 1.